The van der Waals surface area contributed by atoms with Gasteiger partial charge in [-0.3, -0.25) is 9.59 Å². The van der Waals surface area contributed by atoms with Crippen molar-refractivity contribution in [3.8, 4) is 0 Å². The molecule has 1 heterocycles. The average Bonchev–Trinajstić information content (AvgIpc) is 2.27. The Kier molecular flexibility index (Phi) is 5.25. The van der Waals surface area contributed by atoms with E-state index in [0.717, 1.165) is 19.4 Å². The lowest BCUT2D eigenvalue weighted by Crippen LogP contribution is -2.40. The molecule has 0 bridgehead atoms. The van der Waals surface area contributed by atoms with E-state index in [0.29, 0.717) is 26.1 Å². The van der Waals surface area contributed by atoms with Crippen LogP contribution in [0.3, 0.4) is 0 Å². The summed E-state index contributed by atoms with van der Waals surface area (Å²) in [5.41, 5.74) is 5.09. The van der Waals surface area contributed by atoms with E-state index in [9.17, 15) is 9.59 Å². The van der Waals surface area contributed by atoms with Crippen molar-refractivity contribution in [1.29, 1.82) is 0 Å². The summed E-state index contributed by atoms with van der Waals surface area (Å²) in [6.07, 6.45) is 2.21. The summed E-state index contributed by atoms with van der Waals surface area (Å²) < 4.78 is 5.00. The zero-order chi connectivity index (χ0) is 12.0. The maximum atomic E-state index is 11.5. The number of piperidine rings is 1. The van der Waals surface area contributed by atoms with Crippen LogP contribution in [0.4, 0.5) is 0 Å². The van der Waals surface area contributed by atoms with E-state index in [-0.39, 0.29) is 17.8 Å². The van der Waals surface area contributed by atoms with Crippen molar-refractivity contribution < 1.29 is 14.3 Å². The van der Waals surface area contributed by atoms with Crippen LogP contribution in [-0.4, -0.2) is 43.0 Å². The first-order valence-corrected chi connectivity index (χ1v) is 5.80. The fourth-order valence-corrected chi connectivity index (χ4v) is 1.98. The minimum absolute atomic E-state index is 0.0402. The van der Waals surface area contributed by atoms with Crippen LogP contribution in [0.1, 0.15) is 26.2 Å². The fourth-order valence-electron chi connectivity index (χ4n) is 1.98. The van der Waals surface area contributed by atoms with Gasteiger partial charge in [-0.2, -0.15) is 0 Å². The molecule has 1 fully saturated rings. The Morgan fingerprint density at radius 1 is 1.50 bits per heavy atom. The Labute approximate surface area is 95.9 Å². The van der Waals surface area contributed by atoms with Crippen molar-refractivity contribution in [2.45, 2.75) is 26.2 Å². The highest BCUT2D eigenvalue weighted by Crippen LogP contribution is 2.17. The fraction of sp³-hybridized carbons (Fsp3) is 0.818. The number of hydrogen-bond acceptors (Lipinski definition) is 4. The Balaban J connectivity index is 2.34. The van der Waals surface area contributed by atoms with Gasteiger partial charge in [-0.25, -0.2) is 0 Å². The lowest BCUT2D eigenvalue weighted by molar-refractivity contribution is -0.149. The van der Waals surface area contributed by atoms with Gasteiger partial charge in [-0.15, -0.1) is 0 Å². The molecule has 16 heavy (non-hydrogen) atoms. The second-order valence-electron chi connectivity index (χ2n) is 4.11. The number of rotatable bonds is 5. The molecule has 5 heteroatoms. The predicted molar refractivity (Wildman–Crippen MR) is 59.6 cm³/mol. The highest BCUT2D eigenvalue weighted by molar-refractivity contribution is 5.74. The van der Waals surface area contributed by atoms with Crippen molar-refractivity contribution in [2.24, 2.45) is 11.7 Å². The number of carbonyl (C=O) groups excluding carboxylic acids is 2. The Morgan fingerprint density at radius 2 is 2.25 bits per heavy atom. The highest BCUT2D eigenvalue weighted by atomic mass is 16.5. The van der Waals surface area contributed by atoms with Gasteiger partial charge < -0.3 is 15.4 Å². The third kappa shape index (κ3) is 4.18. The molecular formula is C11H20N2O3. The molecular weight excluding hydrogens is 208 g/mol. The van der Waals surface area contributed by atoms with Crippen LogP contribution in [-0.2, 0) is 14.3 Å². The number of nitrogens with zero attached hydrogens (tertiary/aromatic N) is 1. The predicted octanol–water partition coefficient (Wildman–Crippen LogP) is 0.137. The lowest BCUT2D eigenvalue weighted by atomic mass is 9.98. The SMILES string of the molecule is CCOC(=O)C1CCCN(CCC(N)=O)C1. The van der Waals surface area contributed by atoms with Crippen LogP contribution in [0.25, 0.3) is 0 Å². The van der Waals surface area contributed by atoms with Gasteiger partial charge >= 0.3 is 5.97 Å². The molecule has 92 valence electrons. The summed E-state index contributed by atoms with van der Waals surface area (Å²) in [6, 6.07) is 0. The third-order valence-electron chi connectivity index (χ3n) is 2.80. The summed E-state index contributed by atoms with van der Waals surface area (Å²) in [5.74, 6) is -0.453. The quantitative estimate of drug-likeness (QED) is 0.679. The number of hydrogen-bond donors (Lipinski definition) is 1. The van der Waals surface area contributed by atoms with Crippen LogP contribution in [0.15, 0.2) is 0 Å². The Hall–Kier alpha value is -1.10. The summed E-state index contributed by atoms with van der Waals surface area (Å²) in [7, 11) is 0. The highest BCUT2D eigenvalue weighted by Gasteiger charge is 2.26. The van der Waals surface area contributed by atoms with Gasteiger partial charge in [0, 0.05) is 19.5 Å². The molecule has 1 aliphatic rings. The molecule has 0 radical (unpaired) electrons. The minimum Gasteiger partial charge on any atom is -0.466 e. The summed E-state index contributed by atoms with van der Waals surface area (Å²) in [6.45, 7) is 4.50. The molecule has 1 aliphatic heterocycles. The first kappa shape index (κ1) is 13.0. The molecule has 1 atom stereocenters. The molecule has 0 spiro atoms. The second-order valence-corrected chi connectivity index (χ2v) is 4.11. The molecule has 0 aliphatic carbocycles. The van der Waals surface area contributed by atoms with Crippen LogP contribution in [0, 0.1) is 5.92 Å². The van der Waals surface area contributed by atoms with Gasteiger partial charge in [0.1, 0.15) is 0 Å². The van der Waals surface area contributed by atoms with Crippen molar-refractivity contribution in [3.63, 3.8) is 0 Å². The van der Waals surface area contributed by atoms with Crippen LogP contribution in [0.2, 0.25) is 0 Å². The number of amides is 1. The molecule has 0 saturated carbocycles. The number of primary amides is 1. The zero-order valence-corrected chi connectivity index (χ0v) is 9.78. The molecule has 0 aromatic heterocycles. The van der Waals surface area contributed by atoms with Gasteiger partial charge in [0.15, 0.2) is 0 Å². The summed E-state index contributed by atoms with van der Waals surface area (Å²) in [5, 5.41) is 0. The van der Waals surface area contributed by atoms with Crippen LogP contribution >= 0.6 is 0 Å². The van der Waals surface area contributed by atoms with Crippen LogP contribution in [0.5, 0.6) is 0 Å². The van der Waals surface area contributed by atoms with E-state index in [2.05, 4.69) is 4.90 Å². The first-order valence-electron chi connectivity index (χ1n) is 5.80. The number of likely N-dealkylation sites (tertiary alicyclic amines) is 1. The maximum Gasteiger partial charge on any atom is 0.310 e. The van der Waals surface area contributed by atoms with Crippen molar-refractivity contribution >= 4 is 11.9 Å². The summed E-state index contributed by atoms with van der Waals surface area (Å²) >= 11 is 0. The maximum absolute atomic E-state index is 11.5. The van der Waals surface area contributed by atoms with Crippen molar-refractivity contribution in [1.82, 2.24) is 4.90 Å². The van der Waals surface area contributed by atoms with Crippen molar-refractivity contribution in [2.75, 3.05) is 26.2 Å². The average molecular weight is 228 g/mol. The second kappa shape index (κ2) is 6.48. The number of nitrogens with two attached hydrogens (primary N) is 1. The number of ether oxygens (including phenoxy) is 1. The molecule has 1 rings (SSSR count). The molecule has 5 nitrogen and oxygen atoms in total. The van der Waals surface area contributed by atoms with Crippen molar-refractivity contribution in [3.05, 3.63) is 0 Å². The summed E-state index contributed by atoms with van der Waals surface area (Å²) in [4.78, 5) is 24.3. The lowest BCUT2D eigenvalue weighted by Gasteiger charge is -2.31. The largest absolute Gasteiger partial charge is 0.466 e. The number of carbonyl (C=O) groups is 2. The molecule has 2 N–H and O–H groups in total. The van der Waals surface area contributed by atoms with Gasteiger partial charge in [-0.05, 0) is 26.3 Å². The van der Waals surface area contributed by atoms with Gasteiger partial charge in [0.2, 0.25) is 5.91 Å². The van der Waals surface area contributed by atoms with E-state index in [1.807, 2.05) is 6.92 Å². The van der Waals surface area contributed by atoms with E-state index >= 15 is 0 Å². The minimum atomic E-state index is -0.293. The van der Waals surface area contributed by atoms with Gasteiger partial charge in [0.25, 0.3) is 0 Å². The van der Waals surface area contributed by atoms with E-state index in [1.165, 1.54) is 0 Å². The molecule has 1 amide bonds. The molecule has 0 aromatic carbocycles. The van der Waals surface area contributed by atoms with E-state index < -0.39 is 0 Å². The van der Waals surface area contributed by atoms with Crippen LogP contribution < -0.4 is 5.73 Å². The molecule has 0 aromatic rings. The molecule has 1 saturated heterocycles. The van der Waals surface area contributed by atoms with Gasteiger partial charge in [0.05, 0.1) is 12.5 Å². The first-order chi connectivity index (χ1) is 7.63. The Morgan fingerprint density at radius 3 is 2.88 bits per heavy atom. The smallest absolute Gasteiger partial charge is 0.310 e. The number of esters is 1. The standard InChI is InChI=1S/C11H20N2O3/c1-2-16-11(15)9-4-3-6-13(8-9)7-5-10(12)14/h9H,2-8H2,1H3,(H2,12,14). The normalized spacial score (nSPS) is 21.7. The van der Waals surface area contributed by atoms with E-state index in [4.69, 9.17) is 10.5 Å². The van der Waals surface area contributed by atoms with Gasteiger partial charge in [-0.1, -0.05) is 0 Å². The molecule has 1 unspecified atom stereocenters. The van der Waals surface area contributed by atoms with E-state index in [1.54, 1.807) is 0 Å². The third-order valence-corrected chi connectivity index (χ3v) is 2.80. The topological polar surface area (TPSA) is 72.6 Å². The monoisotopic (exact) mass is 228 g/mol. The Bertz CT molecular complexity index is 256. The zero-order valence-electron chi connectivity index (χ0n) is 9.78.